The van der Waals surface area contributed by atoms with Crippen LogP contribution in [0, 0.1) is 10.1 Å². The van der Waals surface area contributed by atoms with E-state index in [9.17, 15) is 10.1 Å². The lowest BCUT2D eigenvalue weighted by Crippen LogP contribution is -1.92. The zero-order chi connectivity index (χ0) is 10.1. The third-order valence-electron chi connectivity index (χ3n) is 1.96. The Balaban J connectivity index is 2.76. The molecule has 1 aromatic carbocycles. The van der Waals surface area contributed by atoms with E-state index in [4.69, 9.17) is 5.73 Å². The van der Waals surface area contributed by atoms with Crippen molar-refractivity contribution >= 4 is 22.3 Å². The monoisotopic (exact) mass is 189 g/mol. The Bertz CT molecular complexity index is 510. The predicted octanol–water partition coefficient (Wildman–Crippen LogP) is 1.73. The van der Waals surface area contributed by atoms with E-state index in [-0.39, 0.29) is 5.69 Å². The van der Waals surface area contributed by atoms with Crippen LogP contribution in [0.2, 0.25) is 0 Å². The Hall–Kier alpha value is -2.17. The lowest BCUT2D eigenvalue weighted by Gasteiger charge is -1.99. The van der Waals surface area contributed by atoms with Crippen molar-refractivity contribution in [3.63, 3.8) is 0 Å². The van der Waals surface area contributed by atoms with Crippen LogP contribution in [-0.4, -0.2) is 9.91 Å². The highest BCUT2D eigenvalue weighted by molar-refractivity contribution is 5.91. The van der Waals surface area contributed by atoms with Gasteiger partial charge in [0.1, 0.15) is 6.20 Å². The summed E-state index contributed by atoms with van der Waals surface area (Å²) in [5, 5.41) is 11.1. The molecule has 0 spiro atoms. The number of hydrogen-bond acceptors (Lipinski definition) is 4. The van der Waals surface area contributed by atoms with Crippen LogP contribution >= 0.6 is 0 Å². The Morgan fingerprint density at radius 3 is 2.93 bits per heavy atom. The summed E-state index contributed by atoms with van der Waals surface area (Å²) in [4.78, 5) is 13.9. The molecule has 70 valence electrons. The molecule has 5 nitrogen and oxygen atoms in total. The van der Waals surface area contributed by atoms with Crippen LogP contribution in [0.3, 0.4) is 0 Å². The maximum atomic E-state index is 10.5. The number of fused-ring (bicyclic) bond motifs is 1. The number of hydrogen-bond donors (Lipinski definition) is 1. The molecule has 0 amide bonds. The zero-order valence-electron chi connectivity index (χ0n) is 7.18. The van der Waals surface area contributed by atoms with Gasteiger partial charge in [0.15, 0.2) is 0 Å². The van der Waals surface area contributed by atoms with Gasteiger partial charge in [0, 0.05) is 17.1 Å². The molecular weight excluding hydrogens is 182 g/mol. The Kier molecular flexibility index (Phi) is 1.78. The topological polar surface area (TPSA) is 82.0 Å². The Morgan fingerprint density at radius 1 is 1.43 bits per heavy atom. The van der Waals surface area contributed by atoms with Crippen LogP contribution in [0.25, 0.3) is 10.9 Å². The SMILES string of the molecule is Nc1cccc2ncc([N+](=O)[O-])cc12. The molecule has 0 bridgehead atoms. The van der Waals surface area contributed by atoms with E-state index in [1.807, 2.05) is 0 Å². The summed E-state index contributed by atoms with van der Waals surface area (Å²) in [6, 6.07) is 6.64. The first kappa shape index (κ1) is 8.43. The first-order chi connectivity index (χ1) is 6.68. The number of nitrogen functional groups attached to an aromatic ring is 1. The summed E-state index contributed by atoms with van der Waals surface area (Å²) in [6.45, 7) is 0. The van der Waals surface area contributed by atoms with Crippen molar-refractivity contribution < 1.29 is 4.92 Å². The van der Waals surface area contributed by atoms with Crippen molar-refractivity contribution in [1.29, 1.82) is 0 Å². The standard InChI is InChI=1S/C9H7N3O2/c10-8-2-1-3-9-7(8)4-6(5-11-9)12(13)14/h1-5H,10H2. The van der Waals surface area contributed by atoms with Gasteiger partial charge in [0.05, 0.1) is 10.4 Å². The fourth-order valence-corrected chi connectivity index (χ4v) is 1.26. The summed E-state index contributed by atoms with van der Waals surface area (Å²) < 4.78 is 0. The molecular formula is C9H7N3O2. The number of nitro groups is 1. The van der Waals surface area contributed by atoms with Crippen molar-refractivity contribution in [2.45, 2.75) is 0 Å². The van der Waals surface area contributed by atoms with Crippen molar-refractivity contribution in [2.24, 2.45) is 0 Å². The van der Waals surface area contributed by atoms with Crippen LogP contribution in [0.15, 0.2) is 30.5 Å². The van der Waals surface area contributed by atoms with Crippen LogP contribution in [0.4, 0.5) is 11.4 Å². The van der Waals surface area contributed by atoms with E-state index in [1.54, 1.807) is 18.2 Å². The minimum atomic E-state index is -0.487. The van der Waals surface area contributed by atoms with Gasteiger partial charge in [-0.3, -0.25) is 10.1 Å². The van der Waals surface area contributed by atoms with E-state index in [0.717, 1.165) is 0 Å². The Labute approximate surface area is 79.3 Å². The summed E-state index contributed by atoms with van der Waals surface area (Å²) in [5.74, 6) is 0. The fourth-order valence-electron chi connectivity index (χ4n) is 1.26. The van der Waals surface area contributed by atoms with E-state index >= 15 is 0 Å². The lowest BCUT2D eigenvalue weighted by molar-refractivity contribution is -0.385. The number of anilines is 1. The maximum absolute atomic E-state index is 10.5. The molecule has 0 fully saturated rings. The minimum absolute atomic E-state index is 0.0459. The summed E-state index contributed by atoms with van der Waals surface area (Å²) in [6.07, 6.45) is 1.22. The van der Waals surface area contributed by atoms with Gasteiger partial charge in [-0.1, -0.05) is 6.07 Å². The van der Waals surface area contributed by atoms with E-state index < -0.39 is 4.92 Å². The summed E-state index contributed by atoms with van der Waals surface area (Å²) >= 11 is 0. The minimum Gasteiger partial charge on any atom is -0.398 e. The van der Waals surface area contributed by atoms with Gasteiger partial charge in [-0.05, 0) is 12.1 Å². The maximum Gasteiger partial charge on any atom is 0.288 e. The van der Waals surface area contributed by atoms with Crippen molar-refractivity contribution in [2.75, 3.05) is 5.73 Å². The molecule has 0 atom stereocenters. The number of rotatable bonds is 1. The number of aromatic nitrogens is 1. The molecule has 2 aromatic rings. The van der Waals surface area contributed by atoms with Crippen LogP contribution in [0.5, 0.6) is 0 Å². The van der Waals surface area contributed by atoms with Crippen molar-refractivity contribution in [3.8, 4) is 0 Å². The highest BCUT2D eigenvalue weighted by Crippen LogP contribution is 2.22. The average Bonchev–Trinajstić information content (AvgIpc) is 2.18. The predicted molar refractivity (Wildman–Crippen MR) is 52.8 cm³/mol. The molecule has 5 heteroatoms. The smallest absolute Gasteiger partial charge is 0.288 e. The van der Waals surface area contributed by atoms with Gasteiger partial charge in [0.25, 0.3) is 5.69 Å². The molecule has 0 aliphatic heterocycles. The number of benzene rings is 1. The highest BCUT2D eigenvalue weighted by atomic mass is 16.6. The lowest BCUT2D eigenvalue weighted by atomic mass is 10.2. The second-order valence-electron chi connectivity index (χ2n) is 2.86. The number of nitrogens with zero attached hydrogens (tertiary/aromatic N) is 2. The molecule has 0 radical (unpaired) electrons. The molecule has 2 N–H and O–H groups in total. The van der Waals surface area contributed by atoms with Crippen LogP contribution in [-0.2, 0) is 0 Å². The number of nitrogens with two attached hydrogens (primary N) is 1. The third-order valence-corrected chi connectivity index (χ3v) is 1.96. The van der Waals surface area contributed by atoms with Crippen molar-refractivity contribution in [1.82, 2.24) is 4.98 Å². The Morgan fingerprint density at radius 2 is 2.21 bits per heavy atom. The molecule has 1 aromatic heterocycles. The van der Waals surface area contributed by atoms with E-state index in [0.29, 0.717) is 16.6 Å². The van der Waals surface area contributed by atoms with Crippen LogP contribution in [0.1, 0.15) is 0 Å². The zero-order valence-corrected chi connectivity index (χ0v) is 7.18. The molecule has 14 heavy (non-hydrogen) atoms. The van der Waals surface area contributed by atoms with Gasteiger partial charge in [0.2, 0.25) is 0 Å². The first-order valence-electron chi connectivity index (χ1n) is 3.97. The second-order valence-corrected chi connectivity index (χ2v) is 2.86. The highest BCUT2D eigenvalue weighted by Gasteiger charge is 2.08. The third kappa shape index (κ3) is 1.24. The van der Waals surface area contributed by atoms with E-state index in [2.05, 4.69) is 4.98 Å². The summed E-state index contributed by atoms with van der Waals surface area (Å²) in [5.41, 5.74) is 6.78. The molecule has 0 aliphatic carbocycles. The fraction of sp³-hybridized carbons (Fsp3) is 0. The van der Waals surface area contributed by atoms with Gasteiger partial charge in [-0.2, -0.15) is 0 Å². The van der Waals surface area contributed by atoms with E-state index in [1.165, 1.54) is 12.3 Å². The molecule has 1 heterocycles. The van der Waals surface area contributed by atoms with Gasteiger partial charge < -0.3 is 5.73 Å². The van der Waals surface area contributed by atoms with Gasteiger partial charge >= 0.3 is 0 Å². The molecule has 2 rings (SSSR count). The molecule has 0 saturated carbocycles. The van der Waals surface area contributed by atoms with Gasteiger partial charge in [-0.15, -0.1) is 0 Å². The normalized spacial score (nSPS) is 10.3. The quantitative estimate of drug-likeness (QED) is 0.420. The molecule has 0 unspecified atom stereocenters. The second kappa shape index (κ2) is 2.95. The average molecular weight is 189 g/mol. The number of pyridine rings is 1. The summed E-state index contributed by atoms with van der Waals surface area (Å²) in [7, 11) is 0. The molecule has 0 aliphatic rings. The van der Waals surface area contributed by atoms with Gasteiger partial charge in [-0.25, -0.2) is 4.98 Å². The van der Waals surface area contributed by atoms with Crippen molar-refractivity contribution in [3.05, 3.63) is 40.6 Å². The molecule has 0 saturated heterocycles. The first-order valence-corrected chi connectivity index (χ1v) is 3.97. The largest absolute Gasteiger partial charge is 0.398 e. The van der Waals surface area contributed by atoms with Crippen LogP contribution < -0.4 is 5.73 Å².